The molecule has 0 amide bonds. The second kappa shape index (κ2) is 8.95. The zero-order chi connectivity index (χ0) is 24.6. The fourth-order valence-corrected chi connectivity index (χ4v) is 4.52. The van der Waals surface area contributed by atoms with Crippen LogP contribution in [0.5, 0.6) is 17.2 Å². The molecular weight excluding hydrogens is 440 g/mol. The maximum Gasteiger partial charge on any atom is 0.335 e. The van der Waals surface area contributed by atoms with Crippen molar-refractivity contribution in [1.29, 1.82) is 0 Å². The van der Waals surface area contributed by atoms with Crippen LogP contribution in [-0.4, -0.2) is 23.2 Å². The van der Waals surface area contributed by atoms with E-state index in [1.165, 1.54) is 0 Å². The van der Waals surface area contributed by atoms with Crippen molar-refractivity contribution in [2.45, 2.75) is 38.1 Å². The van der Waals surface area contributed by atoms with E-state index in [9.17, 15) is 9.90 Å². The van der Waals surface area contributed by atoms with Crippen LogP contribution in [0.25, 0.3) is 10.8 Å². The maximum absolute atomic E-state index is 11.7. The first-order chi connectivity index (χ1) is 16.9. The zero-order valence-corrected chi connectivity index (χ0v) is 20.0. The van der Waals surface area contributed by atoms with Crippen molar-refractivity contribution in [2.24, 2.45) is 0 Å². The molecule has 0 bridgehead atoms. The van der Waals surface area contributed by atoms with Crippen molar-refractivity contribution in [2.75, 3.05) is 12.4 Å². The lowest BCUT2D eigenvalue weighted by Gasteiger charge is -2.22. The first-order valence-electron chi connectivity index (χ1n) is 11.8. The Kier molecular flexibility index (Phi) is 5.81. The third kappa shape index (κ3) is 4.39. The second-order valence-electron chi connectivity index (χ2n) is 9.26. The number of hydrogen-bond donors (Lipinski definition) is 2. The number of aromatic nitrogens is 1. The average molecular weight is 469 g/mol. The van der Waals surface area contributed by atoms with Gasteiger partial charge in [0.15, 0.2) is 0 Å². The number of carboxylic acid groups (broad SMARTS) is 1. The number of aromatic carboxylic acids is 1. The van der Waals surface area contributed by atoms with Gasteiger partial charge in [-0.05, 0) is 77.7 Å². The van der Waals surface area contributed by atoms with Crippen LogP contribution in [0.2, 0.25) is 0 Å². The van der Waals surface area contributed by atoms with E-state index in [1.807, 2.05) is 74.5 Å². The van der Waals surface area contributed by atoms with Gasteiger partial charge in [-0.25, -0.2) is 9.78 Å². The first-order valence-corrected chi connectivity index (χ1v) is 11.8. The number of benzene rings is 3. The molecule has 1 heterocycles. The quantitative estimate of drug-likeness (QED) is 0.291. The summed E-state index contributed by atoms with van der Waals surface area (Å²) < 4.78 is 11.5. The van der Waals surface area contributed by atoms with Crippen molar-refractivity contribution in [3.05, 3.63) is 89.6 Å². The summed E-state index contributed by atoms with van der Waals surface area (Å²) in [4.78, 5) is 16.4. The van der Waals surface area contributed by atoms with Crippen molar-refractivity contribution in [3.8, 4) is 17.2 Å². The number of methoxy groups -OCH3 is 1. The molecule has 35 heavy (non-hydrogen) atoms. The number of carboxylic acids is 1. The van der Waals surface area contributed by atoms with Crippen LogP contribution in [0.4, 0.5) is 5.82 Å². The normalized spacial score (nSPS) is 14.1. The van der Waals surface area contributed by atoms with Gasteiger partial charge in [-0.2, -0.15) is 0 Å². The molecule has 1 fully saturated rings. The SMILES string of the molecule is COc1ccc(Oc2cccc3ccnc(NC4(c5ccc(C(=O)O)c(C(C)C)c5)CC4)c23)cc1. The Balaban J connectivity index is 1.52. The van der Waals surface area contributed by atoms with Crippen LogP contribution in [0.15, 0.2) is 72.9 Å². The minimum absolute atomic E-state index is 0.108. The van der Waals surface area contributed by atoms with Gasteiger partial charge in [0.2, 0.25) is 0 Å². The molecule has 0 aliphatic heterocycles. The lowest BCUT2D eigenvalue weighted by molar-refractivity contribution is 0.0695. The van der Waals surface area contributed by atoms with Gasteiger partial charge in [0, 0.05) is 6.20 Å². The van der Waals surface area contributed by atoms with Gasteiger partial charge in [0.1, 0.15) is 23.1 Å². The fourth-order valence-electron chi connectivity index (χ4n) is 4.52. The van der Waals surface area contributed by atoms with E-state index in [0.29, 0.717) is 17.1 Å². The lowest BCUT2D eigenvalue weighted by atomic mass is 9.92. The third-order valence-corrected chi connectivity index (χ3v) is 6.60. The van der Waals surface area contributed by atoms with E-state index in [1.54, 1.807) is 19.4 Å². The largest absolute Gasteiger partial charge is 0.497 e. The lowest BCUT2D eigenvalue weighted by Crippen LogP contribution is -2.21. The summed E-state index contributed by atoms with van der Waals surface area (Å²) in [5.74, 6) is 2.15. The highest BCUT2D eigenvalue weighted by Crippen LogP contribution is 2.50. The maximum atomic E-state index is 11.7. The Hall–Kier alpha value is -4.06. The second-order valence-corrected chi connectivity index (χ2v) is 9.26. The molecular formula is C29H28N2O4. The molecule has 1 aliphatic carbocycles. The van der Waals surface area contributed by atoms with Crippen LogP contribution < -0.4 is 14.8 Å². The molecule has 6 heteroatoms. The van der Waals surface area contributed by atoms with Crippen molar-refractivity contribution in [1.82, 2.24) is 4.98 Å². The van der Waals surface area contributed by atoms with E-state index in [4.69, 9.17) is 9.47 Å². The summed E-state index contributed by atoms with van der Waals surface area (Å²) in [6, 6.07) is 21.1. The Bertz CT molecular complexity index is 1390. The van der Waals surface area contributed by atoms with Gasteiger partial charge in [0.25, 0.3) is 0 Å². The molecule has 0 unspecified atom stereocenters. The predicted octanol–water partition coefficient (Wildman–Crippen LogP) is 6.96. The van der Waals surface area contributed by atoms with E-state index < -0.39 is 5.97 Å². The van der Waals surface area contributed by atoms with Crippen LogP contribution in [0, 0.1) is 0 Å². The standard InChI is InChI=1S/C29H28N2O4/c1-18(2)24-17-20(7-12-23(24)28(32)33)29(14-15-29)31-27-26-19(13-16-30-27)5-4-6-25(26)35-22-10-8-21(34-3)9-11-22/h4-13,16-18H,14-15H2,1-3H3,(H,30,31)(H,32,33). The van der Waals surface area contributed by atoms with Crippen molar-refractivity contribution < 1.29 is 19.4 Å². The Morgan fingerprint density at radius 3 is 2.43 bits per heavy atom. The Morgan fingerprint density at radius 1 is 1.03 bits per heavy atom. The van der Waals surface area contributed by atoms with Crippen molar-refractivity contribution >= 4 is 22.6 Å². The van der Waals surface area contributed by atoms with Gasteiger partial charge in [-0.3, -0.25) is 0 Å². The molecule has 1 aliphatic rings. The van der Waals surface area contributed by atoms with Crippen LogP contribution in [0.3, 0.4) is 0 Å². The summed E-state index contributed by atoms with van der Waals surface area (Å²) in [5.41, 5.74) is 2.00. The molecule has 0 radical (unpaired) electrons. The highest BCUT2D eigenvalue weighted by molar-refractivity contribution is 5.97. The van der Waals surface area contributed by atoms with Gasteiger partial charge in [0.05, 0.1) is 23.6 Å². The molecule has 2 N–H and O–H groups in total. The molecule has 3 aromatic carbocycles. The summed E-state index contributed by atoms with van der Waals surface area (Å²) in [5, 5.41) is 15.2. The summed E-state index contributed by atoms with van der Waals surface area (Å²) in [6.45, 7) is 4.04. The van der Waals surface area contributed by atoms with Gasteiger partial charge in [-0.1, -0.05) is 38.1 Å². The number of carbonyl (C=O) groups is 1. The molecule has 0 spiro atoms. The fraction of sp³-hybridized carbons (Fsp3) is 0.241. The molecule has 5 rings (SSSR count). The molecule has 1 aromatic heterocycles. The number of pyridine rings is 1. The molecule has 0 saturated heterocycles. The number of rotatable bonds is 8. The zero-order valence-electron chi connectivity index (χ0n) is 20.0. The van der Waals surface area contributed by atoms with Gasteiger partial charge in [-0.15, -0.1) is 0 Å². The topological polar surface area (TPSA) is 80.7 Å². The van der Waals surface area contributed by atoms with E-state index >= 15 is 0 Å². The number of anilines is 1. The van der Waals surface area contributed by atoms with E-state index in [2.05, 4.69) is 10.3 Å². The van der Waals surface area contributed by atoms with E-state index in [-0.39, 0.29) is 11.5 Å². The number of hydrogen-bond acceptors (Lipinski definition) is 5. The highest BCUT2D eigenvalue weighted by Gasteiger charge is 2.45. The first kappa shape index (κ1) is 22.7. The average Bonchev–Trinajstić information content (AvgIpc) is 3.65. The molecule has 178 valence electrons. The number of ether oxygens (including phenoxy) is 2. The summed E-state index contributed by atoms with van der Waals surface area (Å²) in [6.07, 6.45) is 3.68. The molecule has 1 saturated carbocycles. The molecule has 6 nitrogen and oxygen atoms in total. The van der Waals surface area contributed by atoms with Crippen LogP contribution >= 0.6 is 0 Å². The Morgan fingerprint density at radius 2 is 1.77 bits per heavy atom. The van der Waals surface area contributed by atoms with Crippen molar-refractivity contribution in [3.63, 3.8) is 0 Å². The smallest absolute Gasteiger partial charge is 0.335 e. The minimum atomic E-state index is -0.894. The number of fused-ring (bicyclic) bond motifs is 1. The van der Waals surface area contributed by atoms with E-state index in [0.717, 1.165) is 46.3 Å². The molecule has 4 aromatic rings. The van der Waals surface area contributed by atoms with Gasteiger partial charge >= 0.3 is 5.97 Å². The number of nitrogens with zero attached hydrogens (tertiary/aromatic N) is 1. The highest BCUT2D eigenvalue weighted by atomic mass is 16.5. The summed E-state index contributed by atoms with van der Waals surface area (Å²) >= 11 is 0. The van der Waals surface area contributed by atoms with Crippen LogP contribution in [-0.2, 0) is 5.54 Å². The number of nitrogens with one attached hydrogen (secondary N) is 1. The van der Waals surface area contributed by atoms with Gasteiger partial charge < -0.3 is 19.9 Å². The Labute approximate surface area is 204 Å². The predicted molar refractivity (Wildman–Crippen MR) is 137 cm³/mol. The minimum Gasteiger partial charge on any atom is -0.497 e. The third-order valence-electron chi connectivity index (χ3n) is 6.60. The monoisotopic (exact) mass is 468 g/mol. The van der Waals surface area contributed by atoms with Crippen LogP contribution in [0.1, 0.15) is 54.1 Å². The summed E-state index contributed by atoms with van der Waals surface area (Å²) in [7, 11) is 1.64. The molecule has 0 atom stereocenters.